The maximum absolute atomic E-state index is 13.1. The van der Waals surface area contributed by atoms with Crippen molar-refractivity contribution in [3.8, 4) is 11.4 Å². The summed E-state index contributed by atoms with van der Waals surface area (Å²) in [6.07, 6.45) is 3.17. The van der Waals surface area contributed by atoms with Crippen molar-refractivity contribution in [3.05, 3.63) is 70.0 Å². The van der Waals surface area contributed by atoms with Gasteiger partial charge in [0.15, 0.2) is 10.6 Å². The van der Waals surface area contributed by atoms with Crippen molar-refractivity contribution in [2.24, 2.45) is 0 Å². The van der Waals surface area contributed by atoms with E-state index in [4.69, 9.17) is 12.2 Å². The van der Waals surface area contributed by atoms with Crippen LogP contribution < -0.4 is 0 Å². The Morgan fingerprint density at radius 3 is 2.93 bits per heavy atom. The Balaban J connectivity index is 1.60. The number of hydrogen-bond donors (Lipinski definition) is 1. The smallest absolute Gasteiger partial charge is 0.242 e. The molecule has 5 nitrogen and oxygen atoms in total. The largest absolute Gasteiger partial charge is 0.337 e. The lowest BCUT2D eigenvalue weighted by molar-refractivity contribution is -0.133. The molecule has 0 unspecified atom stereocenters. The zero-order chi connectivity index (χ0) is 19.7. The number of carbonyl (C=O) groups is 1. The van der Waals surface area contributed by atoms with Crippen LogP contribution in [0.1, 0.15) is 35.6 Å². The molecule has 6 heteroatoms. The summed E-state index contributed by atoms with van der Waals surface area (Å²) in [5.41, 5.74) is 4.70. The predicted octanol–water partition coefficient (Wildman–Crippen LogP) is 4.45. The van der Waals surface area contributed by atoms with E-state index in [1.807, 2.05) is 43.1 Å². The Bertz CT molecular complexity index is 1070. The minimum absolute atomic E-state index is 0.0353. The molecule has 1 aliphatic carbocycles. The van der Waals surface area contributed by atoms with Crippen LogP contribution in [0.2, 0.25) is 0 Å². The molecule has 0 saturated carbocycles. The molecule has 1 aromatic heterocycles. The standard InChI is InChI=1S/C22H24N4OS/c1-15-7-5-10-17(13-15)21-23-24-22(28)26(21)14-20(27)25(2)19-12-6-9-16-8-3-4-11-18(16)19/h3-5,7-8,10-11,13,19H,6,9,12,14H2,1-2H3,(H,24,28)/t19-/m0/s1. The van der Waals surface area contributed by atoms with Gasteiger partial charge in [0, 0.05) is 12.6 Å². The van der Waals surface area contributed by atoms with Gasteiger partial charge in [-0.25, -0.2) is 0 Å². The molecule has 0 aliphatic heterocycles. The SMILES string of the molecule is Cc1cccc(-c2n[nH]c(=S)n2CC(=O)N(C)[C@H]2CCCc3ccccc32)c1. The van der Waals surface area contributed by atoms with E-state index in [1.165, 1.54) is 11.1 Å². The van der Waals surface area contributed by atoms with Crippen LogP contribution in [0.5, 0.6) is 0 Å². The van der Waals surface area contributed by atoms with Gasteiger partial charge in [-0.1, -0.05) is 48.0 Å². The molecule has 0 bridgehead atoms. The van der Waals surface area contributed by atoms with E-state index >= 15 is 0 Å². The Labute approximate surface area is 170 Å². The summed E-state index contributed by atoms with van der Waals surface area (Å²) in [6, 6.07) is 16.6. The summed E-state index contributed by atoms with van der Waals surface area (Å²) in [6.45, 7) is 2.21. The summed E-state index contributed by atoms with van der Waals surface area (Å²) in [7, 11) is 1.89. The number of nitrogens with one attached hydrogen (secondary N) is 1. The number of likely N-dealkylation sites (N-methyl/N-ethyl adjacent to an activating group) is 1. The van der Waals surface area contributed by atoms with E-state index < -0.39 is 0 Å². The molecule has 0 fully saturated rings. The second kappa shape index (κ2) is 7.72. The summed E-state index contributed by atoms with van der Waals surface area (Å²) < 4.78 is 2.25. The van der Waals surface area contributed by atoms with Crippen LogP contribution >= 0.6 is 12.2 Å². The van der Waals surface area contributed by atoms with Gasteiger partial charge >= 0.3 is 0 Å². The molecule has 0 spiro atoms. The van der Waals surface area contributed by atoms with Crippen molar-refractivity contribution in [3.63, 3.8) is 0 Å². The van der Waals surface area contributed by atoms with Gasteiger partial charge in [0.25, 0.3) is 0 Å². The van der Waals surface area contributed by atoms with Crippen molar-refractivity contribution >= 4 is 18.1 Å². The van der Waals surface area contributed by atoms with E-state index in [2.05, 4.69) is 34.5 Å². The molecule has 3 aromatic rings. The van der Waals surface area contributed by atoms with Gasteiger partial charge in [0.2, 0.25) is 5.91 Å². The minimum atomic E-state index is 0.0353. The van der Waals surface area contributed by atoms with E-state index in [-0.39, 0.29) is 18.5 Å². The van der Waals surface area contributed by atoms with Crippen LogP contribution in [0.15, 0.2) is 48.5 Å². The van der Waals surface area contributed by atoms with Crippen molar-refractivity contribution in [2.75, 3.05) is 7.05 Å². The molecule has 1 amide bonds. The number of H-pyrrole nitrogens is 1. The first kappa shape index (κ1) is 18.6. The third-order valence-corrected chi connectivity index (χ3v) is 5.84. The second-order valence-electron chi connectivity index (χ2n) is 7.42. The maximum Gasteiger partial charge on any atom is 0.242 e. The highest BCUT2D eigenvalue weighted by molar-refractivity contribution is 7.71. The number of nitrogens with zero attached hydrogens (tertiary/aromatic N) is 3. The number of amides is 1. The Hall–Kier alpha value is -2.73. The highest BCUT2D eigenvalue weighted by atomic mass is 32.1. The Morgan fingerprint density at radius 2 is 2.11 bits per heavy atom. The third kappa shape index (κ3) is 3.52. The Kier molecular flexibility index (Phi) is 5.13. The lowest BCUT2D eigenvalue weighted by atomic mass is 9.87. The summed E-state index contributed by atoms with van der Waals surface area (Å²) >= 11 is 5.40. The van der Waals surface area contributed by atoms with Crippen LogP contribution in [0.3, 0.4) is 0 Å². The summed E-state index contributed by atoms with van der Waals surface area (Å²) in [4.78, 5) is 15.0. The predicted molar refractivity (Wildman–Crippen MR) is 112 cm³/mol. The van der Waals surface area contributed by atoms with Crippen LogP contribution in [0, 0.1) is 11.7 Å². The quantitative estimate of drug-likeness (QED) is 0.667. The monoisotopic (exact) mass is 392 g/mol. The van der Waals surface area contributed by atoms with Crippen molar-refractivity contribution in [1.29, 1.82) is 0 Å². The molecular weight excluding hydrogens is 368 g/mol. The van der Waals surface area contributed by atoms with Crippen molar-refractivity contribution in [2.45, 2.75) is 38.8 Å². The average Bonchev–Trinajstić information content (AvgIpc) is 3.07. The van der Waals surface area contributed by atoms with Gasteiger partial charge in [-0.2, -0.15) is 5.10 Å². The third-order valence-electron chi connectivity index (χ3n) is 5.53. The van der Waals surface area contributed by atoms with E-state index in [0.29, 0.717) is 10.6 Å². The number of fused-ring (bicyclic) bond motifs is 1. The number of carbonyl (C=O) groups excluding carboxylic acids is 1. The van der Waals surface area contributed by atoms with Crippen molar-refractivity contribution < 1.29 is 4.79 Å². The number of benzene rings is 2. The van der Waals surface area contributed by atoms with E-state index in [1.54, 1.807) is 4.57 Å². The zero-order valence-corrected chi connectivity index (χ0v) is 17.0. The fraction of sp³-hybridized carbons (Fsp3) is 0.318. The number of aromatic nitrogens is 3. The first-order valence-corrected chi connectivity index (χ1v) is 10.0. The van der Waals surface area contributed by atoms with Gasteiger partial charge in [-0.3, -0.25) is 14.5 Å². The normalized spacial score (nSPS) is 15.9. The van der Waals surface area contributed by atoms with Gasteiger partial charge < -0.3 is 4.90 Å². The first-order chi connectivity index (χ1) is 13.5. The van der Waals surface area contributed by atoms with Crippen molar-refractivity contribution in [1.82, 2.24) is 19.7 Å². The number of aryl methyl sites for hydroxylation is 2. The molecule has 2 aromatic carbocycles. The molecule has 0 saturated heterocycles. The number of hydrogen-bond acceptors (Lipinski definition) is 3. The number of aromatic amines is 1. The topological polar surface area (TPSA) is 53.9 Å². The van der Waals surface area contributed by atoms with Crippen LogP contribution in [0.4, 0.5) is 0 Å². The lowest BCUT2D eigenvalue weighted by Gasteiger charge is -2.33. The first-order valence-electron chi connectivity index (χ1n) is 9.60. The van der Waals surface area contributed by atoms with Crippen LogP contribution in [-0.4, -0.2) is 32.6 Å². The second-order valence-corrected chi connectivity index (χ2v) is 7.81. The fourth-order valence-corrected chi connectivity index (χ4v) is 4.22. The van der Waals surface area contributed by atoms with Crippen LogP contribution in [-0.2, 0) is 17.8 Å². The molecule has 1 heterocycles. The molecule has 4 rings (SSSR count). The van der Waals surface area contributed by atoms with E-state index in [9.17, 15) is 4.79 Å². The van der Waals surface area contributed by atoms with Gasteiger partial charge in [0.1, 0.15) is 6.54 Å². The average molecular weight is 393 g/mol. The molecule has 28 heavy (non-hydrogen) atoms. The maximum atomic E-state index is 13.1. The molecule has 144 valence electrons. The number of rotatable bonds is 4. The van der Waals surface area contributed by atoms with Gasteiger partial charge in [-0.05, 0) is 55.6 Å². The molecule has 1 atom stereocenters. The molecule has 1 N–H and O–H groups in total. The lowest BCUT2D eigenvalue weighted by Crippen LogP contribution is -2.35. The van der Waals surface area contributed by atoms with Crippen LogP contribution in [0.25, 0.3) is 11.4 Å². The summed E-state index contributed by atoms with van der Waals surface area (Å²) in [5.74, 6) is 0.729. The highest BCUT2D eigenvalue weighted by Crippen LogP contribution is 2.33. The zero-order valence-electron chi connectivity index (χ0n) is 16.2. The molecule has 1 aliphatic rings. The highest BCUT2D eigenvalue weighted by Gasteiger charge is 2.27. The van der Waals surface area contributed by atoms with Gasteiger partial charge in [-0.15, -0.1) is 0 Å². The molecule has 0 radical (unpaired) electrons. The fourth-order valence-electron chi connectivity index (χ4n) is 4.02. The Morgan fingerprint density at radius 1 is 1.29 bits per heavy atom. The minimum Gasteiger partial charge on any atom is -0.337 e. The van der Waals surface area contributed by atoms with Gasteiger partial charge in [0.05, 0.1) is 6.04 Å². The molecular formula is C22H24N4OS. The summed E-state index contributed by atoms with van der Waals surface area (Å²) in [5, 5.41) is 7.20. The van der Waals surface area contributed by atoms with E-state index in [0.717, 1.165) is 30.4 Å².